The number of nitrogens with zero attached hydrogens (tertiary/aromatic N) is 2. The molecule has 2 aromatic heterocycles. The lowest BCUT2D eigenvalue weighted by Crippen LogP contribution is -2.03. The van der Waals surface area contributed by atoms with Gasteiger partial charge in [0.15, 0.2) is 4.77 Å². The molecule has 0 bridgehead atoms. The van der Waals surface area contributed by atoms with Crippen molar-refractivity contribution in [1.29, 1.82) is 0 Å². The summed E-state index contributed by atoms with van der Waals surface area (Å²) in [7, 11) is 0. The van der Waals surface area contributed by atoms with Crippen LogP contribution in [-0.2, 0) is 6.42 Å². The number of H-pyrrole nitrogens is 1. The van der Waals surface area contributed by atoms with Gasteiger partial charge in [-0.1, -0.05) is 6.92 Å². The van der Waals surface area contributed by atoms with Gasteiger partial charge in [-0.3, -0.25) is 9.55 Å². The van der Waals surface area contributed by atoms with Crippen molar-refractivity contribution in [2.24, 2.45) is 0 Å². The molecule has 0 atom stereocenters. The van der Waals surface area contributed by atoms with E-state index in [1.54, 1.807) is 0 Å². The van der Waals surface area contributed by atoms with Crippen LogP contribution in [0.1, 0.15) is 24.0 Å². The first kappa shape index (κ1) is 11.1. The molecule has 0 spiro atoms. The minimum atomic E-state index is 0.727. The summed E-state index contributed by atoms with van der Waals surface area (Å²) in [6.45, 7) is 6.12. The largest absolute Gasteiger partial charge is 0.337 e. The molecule has 16 heavy (non-hydrogen) atoms. The highest BCUT2D eigenvalue weighted by Crippen LogP contribution is 2.16. The highest BCUT2D eigenvalue weighted by molar-refractivity contribution is 7.71. The second kappa shape index (κ2) is 4.22. The van der Waals surface area contributed by atoms with E-state index < -0.39 is 0 Å². The predicted octanol–water partition coefficient (Wildman–Crippen LogP) is 3.11. The van der Waals surface area contributed by atoms with Crippen LogP contribution in [-0.4, -0.2) is 14.5 Å². The Bertz CT molecular complexity index is 566. The smallest absolute Gasteiger partial charge is 0.182 e. The lowest BCUT2D eigenvalue weighted by atomic mass is 10.2. The van der Waals surface area contributed by atoms with E-state index in [2.05, 4.69) is 27.5 Å². The van der Waals surface area contributed by atoms with Gasteiger partial charge in [-0.2, -0.15) is 0 Å². The first-order valence-corrected chi connectivity index (χ1v) is 5.78. The van der Waals surface area contributed by atoms with Crippen LogP contribution < -0.4 is 0 Å². The molecule has 1 N–H and O–H groups in total. The molecule has 0 amide bonds. The zero-order valence-corrected chi connectivity index (χ0v) is 10.6. The van der Waals surface area contributed by atoms with E-state index in [4.69, 9.17) is 12.2 Å². The van der Waals surface area contributed by atoms with Crippen molar-refractivity contribution in [3.63, 3.8) is 0 Å². The maximum absolute atomic E-state index is 5.29. The van der Waals surface area contributed by atoms with Crippen molar-refractivity contribution >= 4 is 12.2 Å². The third-order valence-electron chi connectivity index (χ3n) is 2.65. The molecular formula is C12H15N3S. The van der Waals surface area contributed by atoms with Gasteiger partial charge < -0.3 is 4.98 Å². The van der Waals surface area contributed by atoms with E-state index in [1.807, 2.05) is 26.1 Å². The van der Waals surface area contributed by atoms with E-state index in [0.29, 0.717) is 0 Å². The minimum absolute atomic E-state index is 0.727. The van der Waals surface area contributed by atoms with Crippen LogP contribution in [0, 0.1) is 18.6 Å². The van der Waals surface area contributed by atoms with Gasteiger partial charge in [-0.25, -0.2) is 0 Å². The summed E-state index contributed by atoms with van der Waals surface area (Å²) in [5, 5.41) is 0. The molecule has 0 saturated heterocycles. The van der Waals surface area contributed by atoms with Crippen LogP contribution in [0.5, 0.6) is 0 Å². The summed E-state index contributed by atoms with van der Waals surface area (Å²) in [5.74, 6) is 0. The summed E-state index contributed by atoms with van der Waals surface area (Å²) in [6, 6.07) is 4.08. The van der Waals surface area contributed by atoms with E-state index >= 15 is 0 Å². The SMILES string of the molecule is CCc1c[nH]c(=S)n1-c1ccc(C)nc1C. The standard InChI is InChI=1S/C12H15N3S/c1-4-10-7-13-12(16)15(10)11-6-5-8(2)14-9(11)3/h5-7H,4H2,1-3H3,(H,13,16). The van der Waals surface area contributed by atoms with Gasteiger partial charge in [0, 0.05) is 17.6 Å². The van der Waals surface area contributed by atoms with Crippen LogP contribution in [0.4, 0.5) is 0 Å². The van der Waals surface area contributed by atoms with Crippen LogP contribution in [0.25, 0.3) is 5.69 Å². The second-order valence-corrected chi connectivity index (χ2v) is 4.22. The van der Waals surface area contributed by atoms with Gasteiger partial charge in [0.1, 0.15) is 0 Å². The Morgan fingerprint density at radius 2 is 2.12 bits per heavy atom. The van der Waals surface area contributed by atoms with E-state index in [0.717, 1.165) is 28.3 Å². The number of aromatic nitrogens is 3. The monoisotopic (exact) mass is 233 g/mol. The van der Waals surface area contributed by atoms with Crippen LogP contribution >= 0.6 is 12.2 Å². The average Bonchev–Trinajstić information content (AvgIpc) is 2.60. The van der Waals surface area contributed by atoms with Gasteiger partial charge in [0.25, 0.3) is 0 Å². The molecule has 0 radical (unpaired) electrons. The fourth-order valence-electron chi connectivity index (χ4n) is 1.84. The average molecular weight is 233 g/mol. The normalized spacial score (nSPS) is 10.7. The Kier molecular flexibility index (Phi) is 2.92. The third kappa shape index (κ3) is 1.80. The topological polar surface area (TPSA) is 33.6 Å². The third-order valence-corrected chi connectivity index (χ3v) is 2.95. The number of nitrogens with one attached hydrogen (secondary N) is 1. The van der Waals surface area contributed by atoms with Crippen molar-refractivity contribution in [3.05, 3.63) is 40.2 Å². The molecular weight excluding hydrogens is 218 g/mol. The lowest BCUT2D eigenvalue weighted by Gasteiger charge is -2.10. The molecule has 0 fully saturated rings. The number of imidazole rings is 1. The van der Waals surface area contributed by atoms with Gasteiger partial charge >= 0.3 is 0 Å². The zero-order chi connectivity index (χ0) is 11.7. The summed E-state index contributed by atoms with van der Waals surface area (Å²) in [4.78, 5) is 7.54. The number of hydrogen-bond acceptors (Lipinski definition) is 2. The summed E-state index contributed by atoms with van der Waals surface area (Å²) in [5.41, 5.74) is 4.28. The number of pyridine rings is 1. The molecule has 0 aliphatic heterocycles. The summed E-state index contributed by atoms with van der Waals surface area (Å²) < 4.78 is 2.78. The van der Waals surface area contributed by atoms with Gasteiger partial charge in [0.2, 0.25) is 0 Å². The molecule has 2 aromatic rings. The zero-order valence-electron chi connectivity index (χ0n) is 9.74. The first-order valence-electron chi connectivity index (χ1n) is 5.37. The fraction of sp³-hybridized carbons (Fsp3) is 0.333. The van der Waals surface area contributed by atoms with Gasteiger partial charge in [-0.05, 0) is 44.6 Å². The Balaban J connectivity index is 2.67. The van der Waals surface area contributed by atoms with E-state index in [1.165, 1.54) is 5.69 Å². The second-order valence-electron chi connectivity index (χ2n) is 3.83. The minimum Gasteiger partial charge on any atom is -0.337 e. The Morgan fingerprint density at radius 1 is 1.38 bits per heavy atom. The van der Waals surface area contributed by atoms with Crippen LogP contribution in [0.15, 0.2) is 18.3 Å². The molecule has 0 unspecified atom stereocenters. The maximum Gasteiger partial charge on any atom is 0.182 e. The fourth-order valence-corrected chi connectivity index (χ4v) is 2.12. The molecule has 0 aromatic carbocycles. The lowest BCUT2D eigenvalue weighted by molar-refractivity contribution is 0.899. The molecule has 4 heteroatoms. The Hall–Kier alpha value is -1.42. The van der Waals surface area contributed by atoms with E-state index in [9.17, 15) is 0 Å². The van der Waals surface area contributed by atoms with E-state index in [-0.39, 0.29) is 0 Å². The van der Waals surface area contributed by atoms with Crippen molar-refractivity contribution in [1.82, 2.24) is 14.5 Å². The number of aromatic amines is 1. The van der Waals surface area contributed by atoms with Gasteiger partial charge in [0.05, 0.1) is 11.4 Å². The highest BCUT2D eigenvalue weighted by atomic mass is 32.1. The summed E-state index contributed by atoms with van der Waals surface area (Å²) >= 11 is 5.29. The number of hydrogen-bond donors (Lipinski definition) is 1. The molecule has 84 valence electrons. The predicted molar refractivity (Wildman–Crippen MR) is 67.6 cm³/mol. The van der Waals surface area contributed by atoms with Crippen molar-refractivity contribution < 1.29 is 0 Å². The van der Waals surface area contributed by atoms with Gasteiger partial charge in [-0.15, -0.1) is 0 Å². The van der Waals surface area contributed by atoms with Crippen molar-refractivity contribution in [3.8, 4) is 5.69 Å². The highest BCUT2D eigenvalue weighted by Gasteiger charge is 2.07. The molecule has 2 rings (SSSR count). The first-order chi connectivity index (χ1) is 7.63. The number of aryl methyl sites for hydroxylation is 3. The van der Waals surface area contributed by atoms with Crippen LogP contribution in [0.3, 0.4) is 0 Å². The number of rotatable bonds is 2. The maximum atomic E-state index is 5.29. The molecule has 3 nitrogen and oxygen atoms in total. The summed E-state index contributed by atoms with van der Waals surface area (Å²) in [6.07, 6.45) is 2.90. The van der Waals surface area contributed by atoms with Crippen molar-refractivity contribution in [2.45, 2.75) is 27.2 Å². The quantitative estimate of drug-likeness (QED) is 0.809. The molecule has 0 aliphatic carbocycles. The van der Waals surface area contributed by atoms with Crippen LogP contribution in [0.2, 0.25) is 0 Å². The molecule has 2 heterocycles. The Morgan fingerprint density at radius 3 is 2.75 bits per heavy atom. The molecule has 0 saturated carbocycles. The molecule has 0 aliphatic rings. The Labute approximate surface area is 100 Å². The van der Waals surface area contributed by atoms with Crippen molar-refractivity contribution in [2.75, 3.05) is 0 Å².